The van der Waals surface area contributed by atoms with E-state index in [-0.39, 0.29) is 11.2 Å². The lowest BCUT2D eigenvalue weighted by Crippen LogP contribution is -2.58. The van der Waals surface area contributed by atoms with Crippen molar-refractivity contribution in [2.24, 2.45) is 0 Å². The quantitative estimate of drug-likeness (QED) is 0.839. The highest BCUT2D eigenvalue weighted by Gasteiger charge is 2.42. The highest BCUT2D eigenvalue weighted by molar-refractivity contribution is 7.83. The summed E-state index contributed by atoms with van der Waals surface area (Å²) < 4.78 is 21.1. The van der Waals surface area contributed by atoms with E-state index in [1.807, 2.05) is 45.4 Å². The van der Waals surface area contributed by atoms with Gasteiger partial charge in [-0.2, -0.15) is 0 Å². The van der Waals surface area contributed by atoms with Crippen molar-refractivity contribution in [3.05, 3.63) is 47.8 Å². The number of hydrogen-bond donors (Lipinski definition) is 1. The van der Waals surface area contributed by atoms with E-state index < -0.39 is 16.5 Å². The molecule has 0 bridgehead atoms. The molecule has 7 heteroatoms. The Morgan fingerprint density at radius 1 is 1.18 bits per heavy atom. The minimum atomic E-state index is -1.15. The number of aryl methyl sites for hydroxylation is 1. The first-order valence-electron chi connectivity index (χ1n) is 9.51. The van der Waals surface area contributed by atoms with Crippen LogP contribution in [-0.4, -0.2) is 40.6 Å². The summed E-state index contributed by atoms with van der Waals surface area (Å²) in [6.45, 7) is 4.82. The number of nitrogens with one attached hydrogen (secondary N) is 1. The van der Waals surface area contributed by atoms with Crippen LogP contribution in [0.1, 0.15) is 31.4 Å². The average Bonchev–Trinajstić information content (AvgIpc) is 2.67. The maximum Gasteiger partial charge on any atom is 0.227 e. The fraction of sp³-hybridized carbons (Fsp3) is 0.429. The molecule has 0 spiro atoms. The lowest BCUT2D eigenvalue weighted by atomic mass is 9.88. The van der Waals surface area contributed by atoms with Crippen LogP contribution in [0.25, 0.3) is 11.1 Å². The van der Waals surface area contributed by atoms with E-state index >= 15 is 0 Å². The number of hydrogen-bond acceptors (Lipinski definition) is 4. The molecule has 3 heterocycles. The molecule has 1 amide bonds. The predicted molar refractivity (Wildman–Crippen MR) is 110 cm³/mol. The van der Waals surface area contributed by atoms with Gasteiger partial charge in [0.2, 0.25) is 5.91 Å². The number of fused-ring (bicyclic) bond motifs is 1. The maximum atomic E-state index is 12.4. The van der Waals surface area contributed by atoms with E-state index in [0.29, 0.717) is 19.6 Å². The van der Waals surface area contributed by atoms with Crippen LogP contribution in [-0.2, 0) is 32.5 Å². The molecule has 2 aromatic rings. The molecule has 0 saturated carbocycles. The van der Waals surface area contributed by atoms with E-state index in [4.69, 9.17) is 4.74 Å². The normalized spacial score (nSPS) is 19.3. The zero-order valence-electron chi connectivity index (χ0n) is 16.4. The van der Waals surface area contributed by atoms with Crippen molar-refractivity contribution in [3.63, 3.8) is 0 Å². The molecule has 2 aliphatic heterocycles. The number of amides is 1. The van der Waals surface area contributed by atoms with Gasteiger partial charge in [0.1, 0.15) is 5.54 Å². The Hall–Kier alpha value is -2.09. The minimum absolute atomic E-state index is 0.0222. The smallest absolute Gasteiger partial charge is 0.227 e. The molecule has 148 valence electrons. The monoisotopic (exact) mass is 399 g/mol. The molecular formula is C21H25N3O3S. The maximum absolute atomic E-state index is 12.4. The van der Waals surface area contributed by atoms with Gasteiger partial charge < -0.3 is 9.64 Å². The van der Waals surface area contributed by atoms with E-state index in [9.17, 15) is 9.00 Å². The first-order valence-corrected chi connectivity index (χ1v) is 10.7. The molecule has 1 unspecified atom stereocenters. The van der Waals surface area contributed by atoms with Crippen LogP contribution >= 0.6 is 0 Å². The summed E-state index contributed by atoms with van der Waals surface area (Å²) in [4.78, 5) is 18.1. The fourth-order valence-electron chi connectivity index (χ4n) is 3.60. The number of aromatic nitrogens is 1. The summed E-state index contributed by atoms with van der Waals surface area (Å²) >= 11 is 0. The molecule has 1 fully saturated rings. The van der Waals surface area contributed by atoms with Crippen molar-refractivity contribution in [1.82, 2.24) is 9.71 Å². The van der Waals surface area contributed by atoms with Crippen LogP contribution in [0.15, 0.2) is 36.7 Å². The summed E-state index contributed by atoms with van der Waals surface area (Å²) in [5, 5.41) is 0.0222. The van der Waals surface area contributed by atoms with Crippen LogP contribution in [0.4, 0.5) is 5.69 Å². The number of nitrogens with zero attached hydrogens (tertiary/aromatic N) is 2. The van der Waals surface area contributed by atoms with Gasteiger partial charge in [0.15, 0.2) is 0 Å². The van der Waals surface area contributed by atoms with Crippen molar-refractivity contribution in [3.8, 4) is 11.1 Å². The van der Waals surface area contributed by atoms with Gasteiger partial charge in [0, 0.05) is 42.4 Å². The lowest BCUT2D eigenvalue weighted by molar-refractivity contribution is -0.118. The topological polar surface area (TPSA) is 71.5 Å². The van der Waals surface area contributed by atoms with E-state index in [0.717, 1.165) is 28.8 Å². The van der Waals surface area contributed by atoms with Gasteiger partial charge in [-0.1, -0.05) is 6.07 Å². The Labute approximate surface area is 167 Å². The lowest BCUT2D eigenvalue weighted by Gasteiger charge is -2.42. The number of ether oxygens (including phenoxy) is 1. The molecule has 1 atom stereocenters. The third-order valence-corrected chi connectivity index (χ3v) is 6.92. The van der Waals surface area contributed by atoms with E-state index in [2.05, 4.69) is 21.8 Å². The summed E-state index contributed by atoms with van der Waals surface area (Å²) in [6, 6.07) is 8.27. The molecular weight excluding hydrogens is 374 g/mol. The second-order valence-electron chi connectivity index (χ2n) is 7.78. The summed E-state index contributed by atoms with van der Waals surface area (Å²) in [6.07, 6.45) is 4.96. The molecule has 1 saturated heterocycles. The van der Waals surface area contributed by atoms with Crippen LogP contribution in [0.5, 0.6) is 0 Å². The number of pyridine rings is 1. The van der Waals surface area contributed by atoms with Crippen LogP contribution in [0.2, 0.25) is 0 Å². The largest absolute Gasteiger partial charge is 0.377 e. The van der Waals surface area contributed by atoms with Crippen molar-refractivity contribution >= 4 is 22.6 Å². The zero-order chi connectivity index (χ0) is 19.9. The molecule has 6 nitrogen and oxygen atoms in total. The highest BCUT2D eigenvalue weighted by Crippen LogP contribution is 2.35. The summed E-state index contributed by atoms with van der Waals surface area (Å²) in [5.74, 6) is 0.153. The number of carbonyl (C=O) groups excluding carboxylic acids is 1. The van der Waals surface area contributed by atoms with Crippen molar-refractivity contribution in [1.29, 1.82) is 0 Å². The molecule has 2 aliphatic rings. The second kappa shape index (κ2) is 7.39. The molecule has 4 rings (SSSR count). The summed E-state index contributed by atoms with van der Waals surface area (Å²) in [7, 11) is 0.677. The predicted octanol–water partition coefficient (Wildman–Crippen LogP) is 2.54. The third kappa shape index (κ3) is 3.38. The molecule has 28 heavy (non-hydrogen) atoms. The Morgan fingerprint density at radius 3 is 2.64 bits per heavy atom. The first kappa shape index (κ1) is 19.2. The van der Waals surface area contributed by atoms with Gasteiger partial charge >= 0.3 is 0 Å². The molecule has 0 radical (unpaired) electrons. The fourth-order valence-corrected chi connectivity index (χ4v) is 4.45. The van der Waals surface area contributed by atoms with Crippen LogP contribution in [0.3, 0.4) is 0 Å². The van der Waals surface area contributed by atoms with Gasteiger partial charge in [0.25, 0.3) is 0 Å². The van der Waals surface area contributed by atoms with Gasteiger partial charge in [0.05, 0.1) is 24.2 Å². The standard InChI is InChI=1S/C21H25N3O3S/c1-14(2)28(26)23-21(12-27-13-21)18-9-17(10-22-11-18)15-4-6-19-16(8-15)5-7-20(25)24(19)3/h4,6,8-11,14,23H,5,7,12-13H2,1-3H3. The Kier molecular flexibility index (Phi) is 5.07. The van der Waals surface area contributed by atoms with Crippen LogP contribution in [0, 0.1) is 0 Å². The SMILES string of the molecule is CC(C)S(=O)NC1(c2cncc(-c3ccc4c(c3)CCC(=O)N4C)c2)COC1. The Bertz CT molecular complexity index is 940. The highest BCUT2D eigenvalue weighted by atomic mass is 32.2. The number of carbonyl (C=O) groups is 1. The third-order valence-electron chi connectivity index (χ3n) is 5.47. The Morgan fingerprint density at radius 2 is 1.96 bits per heavy atom. The van der Waals surface area contributed by atoms with Gasteiger partial charge in [-0.05, 0) is 55.2 Å². The first-order chi connectivity index (χ1) is 13.4. The minimum Gasteiger partial charge on any atom is -0.377 e. The van der Waals surface area contributed by atoms with Gasteiger partial charge in [-0.25, -0.2) is 8.93 Å². The van der Waals surface area contributed by atoms with E-state index in [1.165, 1.54) is 5.56 Å². The zero-order valence-corrected chi connectivity index (χ0v) is 17.2. The number of rotatable bonds is 5. The van der Waals surface area contributed by atoms with Crippen molar-refractivity contribution < 1.29 is 13.7 Å². The number of anilines is 1. The molecule has 1 aromatic carbocycles. The van der Waals surface area contributed by atoms with E-state index in [1.54, 1.807) is 4.90 Å². The molecule has 1 aromatic heterocycles. The second-order valence-corrected chi connectivity index (χ2v) is 9.52. The average molecular weight is 400 g/mol. The van der Waals surface area contributed by atoms with Crippen LogP contribution < -0.4 is 9.62 Å². The summed E-state index contributed by atoms with van der Waals surface area (Å²) in [5.41, 5.74) is 4.74. The van der Waals surface area contributed by atoms with Crippen molar-refractivity contribution in [2.45, 2.75) is 37.5 Å². The van der Waals surface area contributed by atoms with Crippen molar-refractivity contribution in [2.75, 3.05) is 25.2 Å². The molecule has 1 N–H and O–H groups in total. The number of benzene rings is 1. The van der Waals surface area contributed by atoms with Gasteiger partial charge in [-0.3, -0.25) is 9.78 Å². The van der Waals surface area contributed by atoms with Gasteiger partial charge in [-0.15, -0.1) is 0 Å². The molecule has 0 aliphatic carbocycles. The Balaban J connectivity index is 1.66.